The lowest BCUT2D eigenvalue weighted by atomic mass is 9.86. The molecule has 0 saturated carbocycles. The van der Waals surface area contributed by atoms with Crippen LogP contribution >= 0.6 is 0 Å². The third-order valence-electron chi connectivity index (χ3n) is 5.69. The molecule has 0 aromatic heterocycles. The summed E-state index contributed by atoms with van der Waals surface area (Å²) < 4.78 is 11.0. The average molecular weight is 412 g/mol. The van der Waals surface area contributed by atoms with Gasteiger partial charge >= 0.3 is 12.1 Å². The molecule has 2 N–H and O–H groups in total. The number of aromatic hydroxyl groups is 2. The number of carbonyl (C=O) groups is 2. The number of nitrogens with zero attached hydrogens (tertiary/aromatic N) is 2. The Kier molecular flexibility index (Phi) is 5.76. The summed E-state index contributed by atoms with van der Waals surface area (Å²) in [6.07, 6.45) is 0.943. The van der Waals surface area contributed by atoms with E-state index in [-0.39, 0.29) is 17.5 Å². The van der Waals surface area contributed by atoms with Crippen molar-refractivity contribution in [2.24, 2.45) is 5.92 Å². The van der Waals surface area contributed by atoms with E-state index in [2.05, 4.69) is 4.90 Å². The molecule has 158 valence electrons. The zero-order valence-electron chi connectivity index (χ0n) is 16.4. The predicted molar refractivity (Wildman–Crippen MR) is 108 cm³/mol. The number of rotatable bonds is 5. The summed E-state index contributed by atoms with van der Waals surface area (Å²) in [5.74, 6) is -1.19. The number of phenolic OH excluding ortho intramolecular Hbond substituents is 2. The van der Waals surface area contributed by atoms with Gasteiger partial charge in [-0.3, -0.25) is 4.90 Å². The lowest BCUT2D eigenvalue weighted by Crippen LogP contribution is -2.53. The Morgan fingerprint density at radius 3 is 2.43 bits per heavy atom. The van der Waals surface area contributed by atoms with Crippen molar-refractivity contribution in [3.05, 3.63) is 54.1 Å². The number of amides is 1. The zero-order valence-corrected chi connectivity index (χ0v) is 16.4. The Morgan fingerprint density at radius 2 is 1.77 bits per heavy atom. The second-order valence-electron chi connectivity index (χ2n) is 7.56. The van der Waals surface area contributed by atoms with E-state index in [0.717, 1.165) is 30.8 Å². The minimum absolute atomic E-state index is 0.00198. The first kappa shape index (κ1) is 20.0. The van der Waals surface area contributed by atoms with Crippen LogP contribution in [0.4, 0.5) is 10.5 Å². The summed E-state index contributed by atoms with van der Waals surface area (Å²) in [5.41, 5.74) is 0.338. The first-order chi connectivity index (χ1) is 14.5. The topological polar surface area (TPSA) is 99.5 Å². The maximum Gasteiger partial charge on any atom is 0.417 e. The van der Waals surface area contributed by atoms with Crippen LogP contribution < -0.4 is 4.90 Å². The van der Waals surface area contributed by atoms with Gasteiger partial charge in [-0.25, -0.2) is 14.5 Å². The van der Waals surface area contributed by atoms with E-state index >= 15 is 0 Å². The van der Waals surface area contributed by atoms with Crippen molar-refractivity contribution in [1.29, 1.82) is 0 Å². The number of phenols is 2. The van der Waals surface area contributed by atoms with Crippen LogP contribution in [0.3, 0.4) is 0 Å². The molecule has 3 heterocycles. The van der Waals surface area contributed by atoms with Gasteiger partial charge in [0.05, 0.1) is 11.3 Å². The maximum absolute atomic E-state index is 13.0. The lowest BCUT2D eigenvalue weighted by Gasteiger charge is -2.44. The van der Waals surface area contributed by atoms with Crippen molar-refractivity contribution in [3.8, 4) is 11.5 Å². The minimum Gasteiger partial charge on any atom is -0.504 e. The van der Waals surface area contributed by atoms with Crippen molar-refractivity contribution >= 4 is 17.7 Å². The molecule has 2 aromatic rings. The molecule has 5 rings (SSSR count). The number of carbonyl (C=O) groups excluding carboxylic acids is 2. The molecule has 3 aliphatic rings. The van der Waals surface area contributed by atoms with Crippen molar-refractivity contribution in [2.75, 3.05) is 31.3 Å². The molecule has 1 atom stereocenters. The molecule has 0 aliphatic carbocycles. The number of esters is 1. The molecule has 3 fully saturated rings. The molecule has 2 aromatic carbocycles. The lowest BCUT2D eigenvalue weighted by molar-refractivity contribution is -0.0322. The number of fused-ring (bicyclic) bond motifs is 3. The van der Waals surface area contributed by atoms with Crippen LogP contribution in [0.5, 0.6) is 11.5 Å². The third-order valence-corrected chi connectivity index (χ3v) is 5.69. The number of ether oxygens (including phenoxy) is 2. The molecule has 8 heteroatoms. The zero-order chi connectivity index (χ0) is 21.1. The highest BCUT2D eigenvalue weighted by Gasteiger charge is 2.38. The van der Waals surface area contributed by atoms with E-state index < -0.39 is 24.5 Å². The van der Waals surface area contributed by atoms with E-state index in [4.69, 9.17) is 9.47 Å². The van der Waals surface area contributed by atoms with Crippen molar-refractivity contribution in [2.45, 2.75) is 18.9 Å². The van der Waals surface area contributed by atoms with E-state index in [1.165, 1.54) is 18.2 Å². The van der Waals surface area contributed by atoms with Crippen LogP contribution in [0.1, 0.15) is 23.2 Å². The normalized spacial score (nSPS) is 22.3. The highest BCUT2D eigenvalue weighted by atomic mass is 16.6. The molecule has 2 bridgehead atoms. The van der Waals surface area contributed by atoms with E-state index in [1.54, 1.807) is 30.3 Å². The summed E-state index contributed by atoms with van der Waals surface area (Å²) in [5, 5.41) is 20.1. The van der Waals surface area contributed by atoms with Crippen LogP contribution in [-0.2, 0) is 9.47 Å². The first-order valence-electron chi connectivity index (χ1n) is 9.96. The molecule has 3 aliphatic heterocycles. The standard InChI is InChI=1S/C22H24N2O6/c25-18-8-4-7-17(20(18)26)24(14-29-21(27)16-5-2-1-3-6-16)22(28)30-19-13-23-11-9-15(19)10-12-23/h1-8,15,19,25-26H,9-14H2/t19-/m0/s1. The molecule has 30 heavy (non-hydrogen) atoms. The minimum atomic E-state index is -0.740. The highest BCUT2D eigenvalue weighted by molar-refractivity contribution is 5.92. The van der Waals surface area contributed by atoms with Gasteiger partial charge in [0.25, 0.3) is 0 Å². The summed E-state index contributed by atoms with van der Waals surface area (Å²) in [6, 6.07) is 12.6. The van der Waals surface area contributed by atoms with Crippen LogP contribution in [-0.4, -0.2) is 59.6 Å². The van der Waals surface area contributed by atoms with Gasteiger partial charge < -0.3 is 19.7 Å². The molecule has 3 saturated heterocycles. The fraction of sp³-hybridized carbons (Fsp3) is 0.364. The third kappa shape index (κ3) is 4.18. The van der Waals surface area contributed by atoms with Gasteiger partial charge in [-0.05, 0) is 56.1 Å². The molecular weight excluding hydrogens is 388 g/mol. The monoisotopic (exact) mass is 412 g/mol. The highest BCUT2D eigenvalue weighted by Crippen LogP contribution is 2.36. The number of hydrogen-bond donors (Lipinski definition) is 2. The van der Waals surface area contributed by atoms with E-state index in [9.17, 15) is 19.8 Å². The Labute approximate surface area is 174 Å². The second kappa shape index (κ2) is 8.62. The number of benzene rings is 2. The number of anilines is 1. The quantitative estimate of drug-likeness (QED) is 0.442. The smallest absolute Gasteiger partial charge is 0.417 e. The summed E-state index contributed by atoms with van der Waals surface area (Å²) in [6.45, 7) is 2.21. The fourth-order valence-electron chi connectivity index (χ4n) is 3.98. The predicted octanol–water partition coefficient (Wildman–Crippen LogP) is 2.95. The summed E-state index contributed by atoms with van der Waals surface area (Å²) in [4.78, 5) is 28.6. The van der Waals surface area contributed by atoms with E-state index in [1.807, 2.05) is 0 Å². The Bertz CT molecular complexity index is 911. The van der Waals surface area contributed by atoms with Crippen LogP contribution in [0.25, 0.3) is 0 Å². The van der Waals surface area contributed by atoms with Crippen LogP contribution in [0.2, 0.25) is 0 Å². The molecular formula is C22H24N2O6. The van der Waals surface area contributed by atoms with Crippen LogP contribution in [0, 0.1) is 5.92 Å². The van der Waals surface area contributed by atoms with Crippen molar-refractivity contribution in [1.82, 2.24) is 4.90 Å². The molecule has 0 radical (unpaired) electrons. The Balaban J connectivity index is 1.51. The SMILES string of the molecule is O=C(OCN(C(=O)O[C@H]1CN2CCC1CC2)c1cccc(O)c1O)c1ccccc1. The summed E-state index contributed by atoms with van der Waals surface area (Å²) in [7, 11) is 0. The van der Waals surface area contributed by atoms with Gasteiger partial charge in [0.2, 0.25) is 0 Å². The largest absolute Gasteiger partial charge is 0.504 e. The van der Waals surface area contributed by atoms with Gasteiger partial charge in [0.15, 0.2) is 18.2 Å². The van der Waals surface area contributed by atoms with Gasteiger partial charge in [-0.2, -0.15) is 0 Å². The number of hydrogen-bond acceptors (Lipinski definition) is 7. The average Bonchev–Trinajstić information content (AvgIpc) is 2.78. The van der Waals surface area contributed by atoms with Gasteiger partial charge in [-0.1, -0.05) is 24.3 Å². The number of piperidine rings is 3. The van der Waals surface area contributed by atoms with Gasteiger partial charge in [-0.15, -0.1) is 0 Å². The summed E-state index contributed by atoms with van der Waals surface area (Å²) >= 11 is 0. The van der Waals surface area contributed by atoms with E-state index in [0.29, 0.717) is 18.0 Å². The fourth-order valence-corrected chi connectivity index (χ4v) is 3.98. The molecule has 1 amide bonds. The van der Waals surface area contributed by atoms with Crippen molar-refractivity contribution in [3.63, 3.8) is 0 Å². The number of para-hydroxylation sites is 1. The van der Waals surface area contributed by atoms with Crippen LogP contribution in [0.15, 0.2) is 48.5 Å². The first-order valence-corrected chi connectivity index (χ1v) is 9.96. The Hall–Kier alpha value is -3.26. The maximum atomic E-state index is 13.0. The van der Waals surface area contributed by atoms with Crippen molar-refractivity contribution < 1.29 is 29.3 Å². The molecule has 8 nitrogen and oxygen atoms in total. The Morgan fingerprint density at radius 1 is 1.03 bits per heavy atom. The second-order valence-corrected chi connectivity index (χ2v) is 7.56. The molecule has 0 unspecified atom stereocenters. The van der Waals surface area contributed by atoms with Gasteiger partial charge in [0, 0.05) is 6.54 Å². The van der Waals surface area contributed by atoms with Gasteiger partial charge in [0.1, 0.15) is 6.10 Å². The molecule has 0 spiro atoms.